The summed E-state index contributed by atoms with van der Waals surface area (Å²) in [5.41, 5.74) is 10.7. The van der Waals surface area contributed by atoms with Crippen LogP contribution in [0, 0.1) is 0 Å². The fourth-order valence-electron chi connectivity index (χ4n) is 8.75. The molecule has 1 spiro atoms. The Morgan fingerprint density at radius 1 is 0.365 bits per heavy atom. The third kappa shape index (κ3) is 3.85. The topological polar surface area (TPSA) is 50.1 Å². The van der Waals surface area contributed by atoms with Gasteiger partial charge in [-0.15, -0.1) is 0 Å². The average Bonchev–Trinajstić information content (AvgIpc) is 3.56. The highest BCUT2D eigenvalue weighted by Crippen LogP contribution is 2.43. The summed E-state index contributed by atoms with van der Waals surface area (Å²) in [6.45, 7) is 0. The molecule has 0 amide bonds. The number of pyridine rings is 3. The predicted octanol–water partition coefficient (Wildman–Crippen LogP) is 7.91. The summed E-state index contributed by atoms with van der Waals surface area (Å²) in [5.74, 6) is 0.868. The van der Waals surface area contributed by atoms with Crippen LogP contribution >= 0.6 is 0 Å². The van der Waals surface area contributed by atoms with E-state index in [1.807, 2.05) is 30.7 Å². The van der Waals surface area contributed by atoms with Gasteiger partial charge in [0.05, 0.1) is 22.9 Å². The second-order valence-corrected chi connectivity index (χ2v) is 16.9. The van der Waals surface area contributed by atoms with Gasteiger partial charge in [0.1, 0.15) is 16.9 Å². The first-order valence-corrected chi connectivity index (χ1v) is 19.5. The predicted molar refractivity (Wildman–Crippen MR) is 214 cm³/mol. The van der Waals surface area contributed by atoms with E-state index in [1.54, 1.807) is 0 Å². The summed E-state index contributed by atoms with van der Waals surface area (Å²) in [4.78, 5) is 19.4. The molecule has 0 aliphatic carbocycles. The van der Waals surface area contributed by atoms with Gasteiger partial charge in [-0.05, 0) is 93.5 Å². The zero-order chi connectivity index (χ0) is 34.2. The smallest absolute Gasteiger partial charge is 0.188 e. The molecule has 9 aromatic rings. The molecule has 0 radical (unpaired) electrons. The van der Waals surface area contributed by atoms with E-state index in [4.69, 9.17) is 4.98 Å². The molecule has 0 atom stereocenters. The number of nitrogens with zero attached hydrogens (tertiary/aromatic N) is 6. The first kappa shape index (κ1) is 29.0. The summed E-state index contributed by atoms with van der Waals surface area (Å²) < 4.78 is 2.20. The quantitative estimate of drug-likeness (QED) is 0.177. The van der Waals surface area contributed by atoms with Crippen LogP contribution in [0.5, 0.6) is 0 Å². The van der Waals surface area contributed by atoms with Crippen LogP contribution in [0.1, 0.15) is 0 Å². The van der Waals surface area contributed by atoms with Gasteiger partial charge in [0.25, 0.3) is 0 Å². The molecule has 0 saturated heterocycles. The molecule has 0 saturated carbocycles. The number of aromatic nitrogens is 4. The third-order valence-electron chi connectivity index (χ3n) is 10.7. The van der Waals surface area contributed by atoms with Crippen molar-refractivity contribution >= 4 is 85.1 Å². The number of fused-ring (bicyclic) bond motifs is 11. The Morgan fingerprint density at radius 3 is 1.31 bits per heavy atom. The Morgan fingerprint density at radius 2 is 0.827 bits per heavy atom. The Bertz CT molecular complexity index is 2680. The molecular weight excluding hydrogens is 653 g/mol. The highest BCUT2D eigenvalue weighted by atomic mass is 28.3. The van der Waals surface area contributed by atoms with Gasteiger partial charge in [-0.1, -0.05) is 91.0 Å². The van der Waals surface area contributed by atoms with Crippen molar-refractivity contribution in [2.45, 2.75) is 0 Å². The number of hydrogen-bond acceptors (Lipinski definition) is 5. The fraction of sp³-hybridized carbons (Fsp3) is 0. The minimum Gasteiger partial charge on any atom is -0.311 e. The molecule has 52 heavy (non-hydrogen) atoms. The van der Waals surface area contributed by atoms with E-state index in [2.05, 4.69) is 176 Å². The van der Waals surface area contributed by atoms with Gasteiger partial charge >= 0.3 is 0 Å². The fourth-order valence-corrected chi connectivity index (χ4v) is 14.2. The van der Waals surface area contributed by atoms with Crippen LogP contribution in [-0.4, -0.2) is 27.6 Å². The minimum atomic E-state index is -2.85. The van der Waals surface area contributed by atoms with Crippen LogP contribution in [-0.2, 0) is 0 Å². The van der Waals surface area contributed by atoms with Gasteiger partial charge in [0.2, 0.25) is 0 Å². The minimum absolute atomic E-state index is 0.868. The summed E-state index contributed by atoms with van der Waals surface area (Å²) in [5, 5.41) is 5.47. The summed E-state index contributed by atoms with van der Waals surface area (Å²) in [6, 6.07) is 59.3. The molecule has 7 heteroatoms. The van der Waals surface area contributed by atoms with Crippen molar-refractivity contribution in [2.75, 3.05) is 9.80 Å². The van der Waals surface area contributed by atoms with Gasteiger partial charge < -0.3 is 9.47 Å². The largest absolute Gasteiger partial charge is 0.311 e. The zero-order valence-corrected chi connectivity index (χ0v) is 29.0. The van der Waals surface area contributed by atoms with Crippen LogP contribution in [0.2, 0.25) is 0 Å². The Kier molecular flexibility index (Phi) is 6.17. The monoisotopic (exact) mass is 682 g/mol. The van der Waals surface area contributed by atoms with Crippen molar-refractivity contribution in [3.63, 3.8) is 0 Å². The maximum absolute atomic E-state index is 5.22. The van der Waals surface area contributed by atoms with Gasteiger partial charge in [-0.2, -0.15) is 0 Å². The maximum atomic E-state index is 5.22. The van der Waals surface area contributed by atoms with Crippen molar-refractivity contribution in [2.24, 2.45) is 0 Å². The normalized spacial score (nSPS) is 13.8. The molecule has 5 aromatic carbocycles. The van der Waals surface area contributed by atoms with Crippen molar-refractivity contribution < 1.29 is 0 Å². The molecule has 0 bridgehead atoms. The molecule has 2 aliphatic rings. The highest BCUT2D eigenvalue weighted by molar-refractivity contribution is 7.23. The van der Waals surface area contributed by atoms with Crippen LogP contribution in [0.25, 0.3) is 27.8 Å². The van der Waals surface area contributed by atoms with Crippen LogP contribution in [0.15, 0.2) is 182 Å². The van der Waals surface area contributed by atoms with E-state index in [1.165, 1.54) is 32.1 Å². The molecule has 4 aromatic heterocycles. The van der Waals surface area contributed by atoms with Gasteiger partial charge in [0.15, 0.2) is 8.07 Å². The van der Waals surface area contributed by atoms with Gasteiger partial charge in [-0.3, -0.25) is 14.9 Å². The highest BCUT2D eigenvalue weighted by Gasteiger charge is 2.53. The SMILES string of the molecule is c1ccc(N2c3ccccc3[Si]3(c4ccccc42)c2ccccc2N(c2ccc(-n4c5cccnc5c5ncccc54)cn2)c2ccccc23)cc1. The number of hydrogen-bond donors (Lipinski definition) is 0. The summed E-state index contributed by atoms with van der Waals surface area (Å²) in [6.07, 6.45) is 5.63. The maximum Gasteiger partial charge on any atom is 0.188 e. The first-order chi connectivity index (χ1) is 25.8. The van der Waals surface area contributed by atoms with Crippen molar-refractivity contribution in [1.29, 1.82) is 0 Å². The second kappa shape index (κ2) is 11.1. The zero-order valence-electron chi connectivity index (χ0n) is 28.0. The van der Waals surface area contributed by atoms with E-state index < -0.39 is 8.07 Å². The van der Waals surface area contributed by atoms with E-state index >= 15 is 0 Å². The van der Waals surface area contributed by atoms with E-state index in [-0.39, 0.29) is 0 Å². The first-order valence-electron chi connectivity index (χ1n) is 17.5. The lowest BCUT2D eigenvalue weighted by atomic mass is 10.1. The lowest BCUT2D eigenvalue weighted by Crippen LogP contribution is -2.79. The van der Waals surface area contributed by atoms with Crippen molar-refractivity contribution in [3.05, 3.63) is 182 Å². The molecule has 6 heterocycles. The number of para-hydroxylation sites is 5. The molecule has 11 rings (SSSR count). The Balaban J connectivity index is 1.14. The molecule has 244 valence electrons. The molecule has 6 nitrogen and oxygen atoms in total. The molecule has 0 N–H and O–H groups in total. The lowest BCUT2D eigenvalue weighted by Gasteiger charge is -2.49. The number of benzene rings is 5. The summed E-state index contributed by atoms with van der Waals surface area (Å²) >= 11 is 0. The van der Waals surface area contributed by atoms with Crippen LogP contribution in [0.3, 0.4) is 0 Å². The molecular formula is C45H30N6Si. The van der Waals surface area contributed by atoms with E-state index in [0.29, 0.717) is 0 Å². The Labute approximate surface area is 301 Å². The number of anilines is 6. The molecule has 0 unspecified atom stereocenters. The number of rotatable bonds is 3. The van der Waals surface area contributed by atoms with Crippen molar-refractivity contribution in [1.82, 2.24) is 19.5 Å². The second-order valence-electron chi connectivity index (χ2n) is 13.3. The van der Waals surface area contributed by atoms with E-state index in [9.17, 15) is 0 Å². The van der Waals surface area contributed by atoms with Crippen LogP contribution < -0.4 is 30.5 Å². The molecule has 2 aliphatic heterocycles. The van der Waals surface area contributed by atoms with Crippen LogP contribution in [0.4, 0.5) is 34.3 Å². The Hall–Kier alpha value is -6.83. The standard InChI is InChI=1S/C45H30N6Si/c1-2-14-31(15-3-1)49-33-16-4-8-22-39(33)52(40-23-9-5-17-34(40)49)41-24-10-6-18-35(41)51(36-19-7-11-25-42(36)52)43-27-26-32(30-48-43)50-37-20-12-28-46-44(37)45-38(50)21-13-29-47-45/h1-30H. The average molecular weight is 683 g/mol. The van der Waals surface area contributed by atoms with Crippen molar-refractivity contribution in [3.8, 4) is 5.69 Å². The third-order valence-corrected chi connectivity index (χ3v) is 15.6. The van der Waals surface area contributed by atoms with Gasteiger partial charge in [-0.25, -0.2) is 4.98 Å². The van der Waals surface area contributed by atoms with Gasteiger partial charge in [0, 0.05) is 40.8 Å². The lowest BCUT2D eigenvalue weighted by molar-refractivity contribution is 1.11. The molecule has 0 fully saturated rings. The van der Waals surface area contributed by atoms with E-state index in [0.717, 1.165) is 50.6 Å². The summed E-state index contributed by atoms with van der Waals surface area (Å²) in [7, 11) is -2.85.